The summed E-state index contributed by atoms with van der Waals surface area (Å²) in [6.07, 6.45) is 3.65. The van der Waals surface area contributed by atoms with Crippen LogP contribution >= 0.6 is 27.5 Å². The Morgan fingerprint density at radius 1 is 1.35 bits per heavy atom. The van der Waals surface area contributed by atoms with Gasteiger partial charge in [-0.2, -0.15) is 0 Å². The summed E-state index contributed by atoms with van der Waals surface area (Å²) in [6, 6.07) is 6.17. The topological polar surface area (TPSA) is 17.8 Å². The number of hydrogen-bond acceptors (Lipinski definition) is 1. The van der Waals surface area contributed by atoms with Crippen molar-refractivity contribution < 1.29 is 0 Å². The van der Waals surface area contributed by atoms with Crippen molar-refractivity contribution in [2.24, 2.45) is 0 Å². The number of aryl methyl sites for hydroxylation is 1. The molecule has 2 nitrogen and oxygen atoms in total. The summed E-state index contributed by atoms with van der Waals surface area (Å²) in [4.78, 5) is 4.56. The molecule has 2 aromatic rings. The van der Waals surface area contributed by atoms with Gasteiger partial charge >= 0.3 is 0 Å². The molecular formula is C13H16BrClN2. The van der Waals surface area contributed by atoms with E-state index in [0.29, 0.717) is 5.88 Å². The van der Waals surface area contributed by atoms with E-state index in [9.17, 15) is 0 Å². The molecule has 0 aliphatic rings. The lowest BCUT2D eigenvalue weighted by Gasteiger charge is -2.07. The summed E-state index contributed by atoms with van der Waals surface area (Å²) in [5, 5.41) is 0. The maximum Gasteiger partial charge on any atom is 0.124 e. The molecule has 0 saturated carbocycles. The van der Waals surface area contributed by atoms with Gasteiger partial charge in [0.15, 0.2) is 0 Å². The molecule has 92 valence electrons. The molecule has 0 saturated heterocycles. The lowest BCUT2D eigenvalue weighted by Crippen LogP contribution is -2.02. The van der Waals surface area contributed by atoms with Crippen molar-refractivity contribution in [1.82, 2.24) is 9.55 Å². The number of benzene rings is 1. The zero-order valence-electron chi connectivity index (χ0n) is 9.92. The summed E-state index contributed by atoms with van der Waals surface area (Å²) in [6.45, 7) is 3.22. The van der Waals surface area contributed by atoms with Crippen molar-refractivity contribution in [1.29, 1.82) is 0 Å². The fourth-order valence-corrected chi connectivity index (χ4v) is 2.57. The molecule has 1 heterocycles. The second-order valence-corrected chi connectivity index (χ2v) is 5.34. The molecule has 1 aromatic heterocycles. The minimum atomic E-state index is 0.471. The van der Waals surface area contributed by atoms with Gasteiger partial charge in [0.05, 0.1) is 16.9 Å². The summed E-state index contributed by atoms with van der Waals surface area (Å²) >= 11 is 9.47. The van der Waals surface area contributed by atoms with Crippen LogP contribution in [-0.4, -0.2) is 9.55 Å². The first kappa shape index (κ1) is 12.9. The summed E-state index contributed by atoms with van der Waals surface area (Å²) in [5.74, 6) is 1.44. The van der Waals surface area contributed by atoms with Gasteiger partial charge in [0, 0.05) is 11.0 Å². The Morgan fingerprint density at radius 2 is 2.18 bits per heavy atom. The second-order valence-electron chi connectivity index (χ2n) is 4.15. The first-order valence-electron chi connectivity index (χ1n) is 5.97. The van der Waals surface area contributed by atoms with Crippen molar-refractivity contribution in [2.75, 3.05) is 0 Å². The average molecular weight is 316 g/mol. The first-order chi connectivity index (χ1) is 8.26. The largest absolute Gasteiger partial charge is 0.327 e. The lowest BCUT2D eigenvalue weighted by molar-refractivity contribution is 0.600. The number of unbranched alkanes of at least 4 members (excludes halogenated alkanes) is 2. The monoisotopic (exact) mass is 314 g/mol. The molecule has 0 unspecified atom stereocenters. The Hall–Kier alpha value is -0.540. The minimum absolute atomic E-state index is 0.471. The number of nitrogens with zero attached hydrogens (tertiary/aromatic N) is 2. The maximum atomic E-state index is 5.96. The molecule has 17 heavy (non-hydrogen) atoms. The van der Waals surface area contributed by atoms with Gasteiger partial charge in [0.2, 0.25) is 0 Å². The fourth-order valence-electron chi connectivity index (χ4n) is 2.02. The van der Waals surface area contributed by atoms with E-state index in [4.69, 9.17) is 11.6 Å². The van der Waals surface area contributed by atoms with Gasteiger partial charge in [0.25, 0.3) is 0 Å². The molecule has 0 aliphatic heterocycles. The van der Waals surface area contributed by atoms with Crippen LogP contribution in [0.2, 0.25) is 0 Å². The van der Waals surface area contributed by atoms with Crippen molar-refractivity contribution >= 4 is 38.6 Å². The van der Waals surface area contributed by atoms with Crippen molar-refractivity contribution in [3.05, 3.63) is 28.5 Å². The fraction of sp³-hybridized carbons (Fsp3) is 0.462. The van der Waals surface area contributed by atoms with Crippen molar-refractivity contribution in [3.8, 4) is 0 Å². The number of aromatic nitrogens is 2. The highest BCUT2D eigenvalue weighted by Gasteiger charge is 2.09. The van der Waals surface area contributed by atoms with E-state index < -0.39 is 0 Å². The van der Waals surface area contributed by atoms with Crippen molar-refractivity contribution in [3.63, 3.8) is 0 Å². The normalized spacial score (nSPS) is 11.2. The Kier molecular flexibility index (Phi) is 4.46. The number of hydrogen-bond donors (Lipinski definition) is 0. The minimum Gasteiger partial charge on any atom is -0.327 e. The predicted octanol–water partition coefficient (Wildman–Crippen LogP) is 4.73. The third-order valence-electron chi connectivity index (χ3n) is 2.89. The van der Waals surface area contributed by atoms with Crippen LogP contribution in [0.25, 0.3) is 11.0 Å². The third kappa shape index (κ3) is 2.83. The quantitative estimate of drug-likeness (QED) is 0.576. The molecule has 0 spiro atoms. The number of alkyl halides is 1. The van der Waals surface area contributed by atoms with E-state index in [1.807, 2.05) is 12.1 Å². The Morgan fingerprint density at radius 3 is 2.88 bits per heavy atom. The number of imidazole rings is 1. The average Bonchev–Trinajstić information content (AvgIpc) is 2.67. The van der Waals surface area contributed by atoms with E-state index in [1.54, 1.807) is 0 Å². The van der Waals surface area contributed by atoms with Gasteiger partial charge in [-0.3, -0.25) is 0 Å². The number of fused-ring (bicyclic) bond motifs is 1. The standard InChI is InChI=1S/C13H16BrClN2/c1-2-3-4-7-17-12-8-10(14)5-6-11(12)16-13(17)9-15/h5-6,8H,2-4,7,9H2,1H3. The molecule has 0 aliphatic carbocycles. The van der Waals surface area contributed by atoms with E-state index in [-0.39, 0.29) is 0 Å². The van der Waals surface area contributed by atoms with Crippen LogP contribution in [0.1, 0.15) is 32.0 Å². The molecule has 0 amide bonds. The van der Waals surface area contributed by atoms with Crippen LogP contribution < -0.4 is 0 Å². The highest BCUT2D eigenvalue weighted by atomic mass is 79.9. The molecule has 0 fully saturated rings. The molecule has 0 atom stereocenters. The molecule has 1 aromatic carbocycles. The van der Waals surface area contributed by atoms with E-state index >= 15 is 0 Å². The summed E-state index contributed by atoms with van der Waals surface area (Å²) < 4.78 is 3.32. The van der Waals surface area contributed by atoms with Gasteiger partial charge in [-0.25, -0.2) is 4.98 Å². The number of halogens is 2. The van der Waals surface area contributed by atoms with Gasteiger partial charge in [0.1, 0.15) is 5.82 Å². The molecule has 0 radical (unpaired) electrons. The molecule has 4 heteroatoms. The maximum absolute atomic E-state index is 5.96. The summed E-state index contributed by atoms with van der Waals surface area (Å²) in [5.41, 5.74) is 2.20. The molecule has 0 bridgehead atoms. The highest BCUT2D eigenvalue weighted by Crippen LogP contribution is 2.22. The van der Waals surface area contributed by atoms with Gasteiger partial charge in [-0.05, 0) is 24.6 Å². The zero-order valence-corrected chi connectivity index (χ0v) is 12.3. The smallest absolute Gasteiger partial charge is 0.124 e. The van der Waals surface area contributed by atoms with Gasteiger partial charge < -0.3 is 4.57 Å². The Bertz CT molecular complexity index is 507. The van der Waals surface area contributed by atoms with Gasteiger partial charge in [-0.1, -0.05) is 35.7 Å². The Balaban J connectivity index is 2.38. The van der Waals surface area contributed by atoms with E-state index in [1.165, 1.54) is 24.8 Å². The van der Waals surface area contributed by atoms with Crippen LogP contribution in [-0.2, 0) is 12.4 Å². The van der Waals surface area contributed by atoms with Crippen LogP contribution in [0.4, 0.5) is 0 Å². The SMILES string of the molecule is CCCCCn1c(CCl)nc2ccc(Br)cc21. The molecule has 0 N–H and O–H groups in total. The zero-order chi connectivity index (χ0) is 12.3. The predicted molar refractivity (Wildman–Crippen MR) is 76.5 cm³/mol. The van der Waals surface area contributed by atoms with Gasteiger partial charge in [-0.15, -0.1) is 11.6 Å². The highest BCUT2D eigenvalue weighted by molar-refractivity contribution is 9.10. The summed E-state index contributed by atoms with van der Waals surface area (Å²) in [7, 11) is 0. The van der Waals surface area contributed by atoms with Crippen molar-refractivity contribution in [2.45, 2.75) is 38.6 Å². The van der Waals surface area contributed by atoms with Crippen LogP contribution in [0, 0.1) is 0 Å². The third-order valence-corrected chi connectivity index (χ3v) is 3.63. The molecule has 2 rings (SSSR count). The van der Waals surface area contributed by atoms with E-state index in [0.717, 1.165) is 22.4 Å². The van der Waals surface area contributed by atoms with E-state index in [2.05, 4.69) is 38.5 Å². The number of rotatable bonds is 5. The second kappa shape index (κ2) is 5.87. The van der Waals surface area contributed by atoms with Crippen LogP contribution in [0.5, 0.6) is 0 Å². The lowest BCUT2D eigenvalue weighted by atomic mass is 10.2. The Labute approximate surface area is 115 Å². The van der Waals surface area contributed by atoms with Crippen LogP contribution in [0.15, 0.2) is 22.7 Å². The van der Waals surface area contributed by atoms with Crippen LogP contribution in [0.3, 0.4) is 0 Å². The molecular weight excluding hydrogens is 300 g/mol. The first-order valence-corrected chi connectivity index (χ1v) is 7.29.